The highest BCUT2D eigenvalue weighted by Crippen LogP contribution is 2.39. The third-order valence-electron chi connectivity index (χ3n) is 4.63. The van der Waals surface area contributed by atoms with Crippen molar-refractivity contribution in [2.75, 3.05) is 20.4 Å². The molecule has 3 heteroatoms. The third-order valence-corrected chi connectivity index (χ3v) is 5.36. The van der Waals surface area contributed by atoms with E-state index in [0.717, 1.165) is 0 Å². The lowest BCUT2D eigenvalue weighted by molar-refractivity contribution is -0.499. The van der Waals surface area contributed by atoms with E-state index < -0.39 is 0 Å². The van der Waals surface area contributed by atoms with Crippen LogP contribution < -0.4 is 0 Å². The lowest BCUT2D eigenvalue weighted by Gasteiger charge is -2.32. The lowest BCUT2D eigenvalue weighted by Crippen LogP contribution is -2.34. The summed E-state index contributed by atoms with van der Waals surface area (Å²) in [5.41, 5.74) is 3.98. The Morgan fingerprint density at radius 3 is 2.04 bits per heavy atom. The average molecular weight is 338 g/mol. The van der Waals surface area contributed by atoms with Gasteiger partial charge < -0.3 is 4.90 Å². The zero-order chi connectivity index (χ0) is 17.1. The maximum absolute atomic E-state index is 2.48. The van der Waals surface area contributed by atoms with Crippen molar-refractivity contribution in [1.82, 2.24) is 4.90 Å². The van der Waals surface area contributed by atoms with Gasteiger partial charge in [0.15, 0.2) is 6.04 Å². The fraction of sp³-hybridized carbons (Fsp3) is 0.286. The minimum atomic E-state index is 0.290. The fourth-order valence-corrected chi connectivity index (χ4v) is 4.16. The number of hydrogen-bond donors (Lipinski definition) is 0. The molecule has 1 aliphatic rings. The molecule has 2 aromatic carbocycles. The number of rotatable bonds is 3. The Labute approximate surface area is 149 Å². The van der Waals surface area contributed by atoms with Crippen LogP contribution in [0.4, 0.5) is 5.69 Å². The molecule has 0 radical (unpaired) electrons. The molecule has 2 atom stereocenters. The first-order valence-corrected chi connectivity index (χ1v) is 9.55. The molecule has 0 aromatic heterocycles. The second-order valence-electron chi connectivity index (χ2n) is 6.36. The van der Waals surface area contributed by atoms with Gasteiger partial charge in [-0.15, -0.1) is 0 Å². The van der Waals surface area contributed by atoms with Gasteiger partial charge in [-0.3, -0.25) is 0 Å². The molecule has 124 valence electrons. The fourth-order valence-electron chi connectivity index (χ4n) is 3.51. The van der Waals surface area contributed by atoms with Crippen LogP contribution in [0.5, 0.6) is 0 Å². The molecule has 0 aliphatic carbocycles. The van der Waals surface area contributed by atoms with Crippen LogP contribution in [0.2, 0.25) is 0 Å². The van der Waals surface area contributed by atoms with Crippen molar-refractivity contribution in [3.63, 3.8) is 0 Å². The summed E-state index contributed by atoms with van der Waals surface area (Å²) in [5.74, 6) is 0.401. The smallest absolute Gasteiger partial charge is 0.242 e. The molecule has 0 saturated carbocycles. The van der Waals surface area contributed by atoms with Gasteiger partial charge in [-0.25, -0.2) is 0 Å². The summed E-state index contributed by atoms with van der Waals surface area (Å²) < 4.78 is 2.48. The van der Waals surface area contributed by atoms with Gasteiger partial charge in [0, 0.05) is 43.6 Å². The molecule has 24 heavy (non-hydrogen) atoms. The lowest BCUT2D eigenvalue weighted by atomic mass is 9.88. The SMILES string of the molecule is CSC1=[N+](c2ccccc2)[C@H](c2ccccc2)[C@H](C)C(N(C)C)=C1. The van der Waals surface area contributed by atoms with Crippen molar-refractivity contribution < 1.29 is 4.58 Å². The first-order chi connectivity index (χ1) is 11.6. The first kappa shape index (κ1) is 16.8. The molecule has 1 aliphatic heterocycles. The van der Waals surface area contributed by atoms with Crippen molar-refractivity contribution in [3.05, 3.63) is 78.0 Å². The molecule has 0 spiro atoms. The number of para-hydroxylation sites is 1. The molecule has 0 bridgehead atoms. The summed E-state index contributed by atoms with van der Waals surface area (Å²) in [5, 5.41) is 1.29. The normalized spacial score (nSPS) is 20.8. The molecule has 3 rings (SSSR count). The van der Waals surface area contributed by atoms with Crippen molar-refractivity contribution in [2.24, 2.45) is 5.92 Å². The summed E-state index contributed by atoms with van der Waals surface area (Å²) >= 11 is 1.81. The van der Waals surface area contributed by atoms with Crippen LogP contribution in [0.15, 0.2) is 72.4 Å². The molecule has 2 aromatic rings. The second-order valence-corrected chi connectivity index (χ2v) is 7.18. The Balaban J connectivity index is 2.23. The van der Waals surface area contributed by atoms with E-state index in [9.17, 15) is 0 Å². The van der Waals surface area contributed by atoms with Gasteiger partial charge in [0.2, 0.25) is 10.7 Å². The number of thioether (sulfide) groups is 1. The van der Waals surface area contributed by atoms with Gasteiger partial charge in [-0.2, -0.15) is 4.58 Å². The highest BCUT2D eigenvalue weighted by atomic mass is 32.2. The standard InChI is InChI=1S/C21H25N2S/c1-16-19(22(2)3)15-20(24-4)23(18-13-9-6-10-14-18)21(16)17-11-7-5-8-12-17/h5-16,21H,1-4H3/q+1/t16-,21+/m1/s1. The predicted octanol–water partition coefficient (Wildman–Crippen LogP) is 4.93. The number of nitrogens with zero attached hydrogens (tertiary/aromatic N) is 2. The van der Waals surface area contributed by atoms with Crippen molar-refractivity contribution >= 4 is 22.5 Å². The van der Waals surface area contributed by atoms with E-state index in [1.54, 1.807) is 0 Å². The summed E-state index contributed by atoms with van der Waals surface area (Å²) in [4.78, 5) is 2.25. The molecule has 2 nitrogen and oxygen atoms in total. The van der Waals surface area contributed by atoms with Crippen LogP contribution in [0.3, 0.4) is 0 Å². The van der Waals surface area contributed by atoms with Crippen LogP contribution in [-0.4, -0.2) is 34.9 Å². The number of hydrogen-bond acceptors (Lipinski definition) is 2. The molecule has 0 unspecified atom stereocenters. The quantitative estimate of drug-likeness (QED) is 0.733. The Kier molecular flexibility index (Phi) is 5.10. The molecule has 0 amide bonds. The Morgan fingerprint density at radius 1 is 0.917 bits per heavy atom. The summed E-state index contributed by atoms with van der Waals surface area (Å²) in [6.45, 7) is 2.33. The topological polar surface area (TPSA) is 6.25 Å². The molecular formula is C21H25N2S+. The molecule has 0 fully saturated rings. The zero-order valence-corrected chi connectivity index (χ0v) is 15.6. The van der Waals surface area contributed by atoms with Crippen molar-refractivity contribution in [1.29, 1.82) is 0 Å². The summed E-state index contributed by atoms with van der Waals surface area (Å²) in [7, 11) is 4.28. The van der Waals surface area contributed by atoms with Crippen LogP contribution in [0.25, 0.3) is 0 Å². The maximum atomic E-state index is 2.48. The van der Waals surface area contributed by atoms with E-state index in [0.29, 0.717) is 12.0 Å². The molecule has 0 saturated heterocycles. The Bertz CT molecular complexity index is 748. The zero-order valence-electron chi connectivity index (χ0n) is 14.8. The van der Waals surface area contributed by atoms with Gasteiger partial charge in [-0.05, 0) is 6.26 Å². The van der Waals surface area contributed by atoms with Crippen LogP contribution in [0, 0.1) is 5.92 Å². The largest absolute Gasteiger partial charge is 0.380 e. The number of benzene rings is 2. The summed E-state index contributed by atoms with van der Waals surface area (Å²) in [6, 6.07) is 21.9. The third kappa shape index (κ3) is 3.13. The van der Waals surface area contributed by atoms with E-state index in [1.807, 2.05) is 11.8 Å². The first-order valence-electron chi connectivity index (χ1n) is 8.32. The molecular weight excluding hydrogens is 312 g/mol. The molecule has 0 N–H and O–H groups in total. The highest BCUT2D eigenvalue weighted by Gasteiger charge is 2.39. The van der Waals surface area contributed by atoms with E-state index in [-0.39, 0.29) is 0 Å². The van der Waals surface area contributed by atoms with E-state index >= 15 is 0 Å². The maximum Gasteiger partial charge on any atom is 0.242 e. The highest BCUT2D eigenvalue weighted by molar-refractivity contribution is 8.13. The second kappa shape index (κ2) is 7.27. The monoisotopic (exact) mass is 337 g/mol. The van der Waals surface area contributed by atoms with Crippen molar-refractivity contribution in [3.8, 4) is 0 Å². The van der Waals surface area contributed by atoms with Crippen LogP contribution in [-0.2, 0) is 0 Å². The van der Waals surface area contributed by atoms with Gasteiger partial charge in [0.25, 0.3) is 0 Å². The van der Waals surface area contributed by atoms with Gasteiger partial charge in [0.1, 0.15) is 0 Å². The van der Waals surface area contributed by atoms with Gasteiger partial charge in [0.05, 0.1) is 5.92 Å². The summed E-state index contributed by atoms with van der Waals surface area (Å²) in [6.07, 6.45) is 4.49. The minimum absolute atomic E-state index is 0.290. The van der Waals surface area contributed by atoms with E-state index in [2.05, 4.69) is 103 Å². The Morgan fingerprint density at radius 2 is 1.50 bits per heavy atom. The average Bonchev–Trinajstić information content (AvgIpc) is 2.62. The predicted molar refractivity (Wildman–Crippen MR) is 105 cm³/mol. The molecule has 1 heterocycles. The van der Waals surface area contributed by atoms with Crippen LogP contribution in [0.1, 0.15) is 18.5 Å². The van der Waals surface area contributed by atoms with Crippen LogP contribution >= 0.6 is 11.8 Å². The Hall–Kier alpha value is -2.00. The van der Waals surface area contributed by atoms with Gasteiger partial charge in [-0.1, -0.05) is 67.2 Å². The minimum Gasteiger partial charge on any atom is -0.380 e. The van der Waals surface area contributed by atoms with E-state index in [4.69, 9.17) is 0 Å². The van der Waals surface area contributed by atoms with E-state index in [1.165, 1.54) is 22.0 Å². The van der Waals surface area contributed by atoms with Gasteiger partial charge >= 0.3 is 0 Å². The van der Waals surface area contributed by atoms with Crippen molar-refractivity contribution in [2.45, 2.75) is 13.0 Å².